The highest BCUT2D eigenvalue weighted by Gasteiger charge is 2.45. The van der Waals surface area contributed by atoms with Crippen LogP contribution in [-0.2, 0) is 17.8 Å². The standard InChI is InChI=1S/C25H33FN4O2/c1-2-30-23(9-13-27-30)24(31)28-14-11-25(12-15-28)17-22(10-16-32-25)29(21-7-8-21)18-19-3-5-20(26)6-4-19/h3-6,9,13,21-22H,2,7-8,10-12,14-18H2,1H3. The van der Waals surface area contributed by atoms with Gasteiger partial charge < -0.3 is 9.64 Å². The van der Waals surface area contributed by atoms with Gasteiger partial charge in [0.05, 0.1) is 5.60 Å². The van der Waals surface area contributed by atoms with Gasteiger partial charge in [0, 0.05) is 51.1 Å². The van der Waals surface area contributed by atoms with E-state index in [0.29, 0.717) is 24.3 Å². The molecule has 1 aliphatic carbocycles. The number of ether oxygens (including phenoxy) is 1. The summed E-state index contributed by atoms with van der Waals surface area (Å²) in [6.45, 7) is 5.79. The first kappa shape index (κ1) is 21.6. The molecule has 32 heavy (non-hydrogen) atoms. The molecule has 0 N–H and O–H groups in total. The predicted molar refractivity (Wildman–Crippen MR) is 120 cm³/mol. The van der Waals surface area contributed by atoms with Gasteiger partial charge in [0.2, 0.25) is 0 Å². The van der Waals surface area contributed by atoms with Crippen molar-refractivity contribution < 1.29 is 13.9 Å². The maximum Gasteiger partial charge on any atom is 0.272 e. The molecular weight excluding hydrogens is 407 g/mol. The number of aryl methyl sites for hydroxylation is 1. The van der Waals surface area contributed by atoms with Crippen molar-refractivity contribution in [1.29, 1.82) is 0 Å². The highest BCUT2D eigenvalue weighted by molar-refractivity contribution is 5.92. The molecule has 2 aromatic rings. The molecule has 172 valence electrons. The number of amides is 1. The highest BCUT2D eigenvalue weighted by Crippen LogP contribution is 2.40. The molecule has 6 nitrogen and oxygen atoms in total. The molecule has 0 radical (unpaired) electrons. The summed E-state index contributed by atoms with van der Waals surface area (Å²) in [6, 6.07) is 9.86. The predicted octanol–water partition coefficient (Wildman–Crippen LogP) is 3.86. The van der Waals surface area contributed by atoms with Gasteiger partial charge in [0.1, 0.15) is 11.5 Å². The number of rotatable bonds is 6. The lowest BCUT2D eigenvalue weighted by Crippen LogP contribution is -2.54. The number of carbonyl (C=O) groups is 1. The summed E-state index contributed by atoms with van der Waals surface area (Å²) in [4.78, 5) is 17.6. The van der Waals surface area contributed by atoms with Crippen LogP contribution in [0.1, 0.15) is 61.5 Å². The van der Waals surface area contributed by atoms with E-state index < -0.39 is 0 Å². The Morgan fingerprint density at radius 1 is 1.16 bits per heavy atom. The molecule has 1 unspecified atom stereocenters. The van der Waals surface area contributed by atoms with Crippen molar-refractivity contribution >= 4 is 5.91 Å². The second-order valence-corrected chi connectivity index (χ2v) is 9.53. The molecule has 3 heterocycles. The first-order valence-electron chi connectivity index (χ1n) is 12.0. The third kappa shape index (κ3) is 4.46. The van der Waals surface area contributed by atoms with Gasteiger partial charge in [-0.3, -0.25) is 14.4 Å². The van der Waals surface area contributed by atoms with Crippen LogP contribution in [0.15, 0.2) is 36.5 Å². The fourth-order valence-electron chi connectivity index (χ4n) is 5.44. The van der Waals surface area contributed by atoms with Crippen LogP contribution in [0.4, 0.5) is 4.39 Å². The van der Waals surface area contributed by atoms with Crippen molar-refractivity contribution in [2.24, 2.45) is 0 Å². The first-order valence-corrected chi connectivity index (χ1v) is 12.0. The van der Waals surface area contributed by atoms with Gasteiger partial charge in [-0.2, -0.15) is 5.10 Å². The molecule has 1 amide bonds. The molecule has 0 bridgehead atoms. The number of hydrogen-bond acceptors (Lipinski definition) is 4. The first-order chi connectivity index (χ1) is 15.6. The van der Waals surface area contributed by atoms with Gasteiger partial charge in [-0.1, -0.05) is 12.1 Å². The molecule has 2 saturated heterocycles. The molecule has 3 aliphatic rings. The maximum absolute atomic E-state index is 13.3. The average molecular weight is 441 g/mol. The fourth-order valence-corrected chi connectivity index (χ4v) is 5.44. The van der Waals surface area contributed by atoms with Gasteiger partial charge in [-0.25, -0.2) is 4.39 Å². The normalized spacial score (nSPS) is 23.1. The number of halogens is 1. The minimum absolute atomic E-state index is 0.0717. The van der Waals surface area contributed by atoms with E-state index in [1.165, 1.54) is 18.4 Å². The summed E-state index contributed by atoms with van der Waals surface area (Å²) in [5, 5.41) is 4.24. The smallest absolute Gasteiger partial charge is 0.272 e. The van der Waals surface area contributed by atoms with E-state index in [0.717, 1.165) is 51.9 Å². The number of carbonyl (C=O) groups excluding carboxylic acids is 1. The van der Waals surface area contributed by atoms with Crippen LogP contribution in [0.3, 0.4) is 0 Å². The summed E-state index contributed by atoms with van der Waals surface area (Å²) in [5.74, 6) is -0.109. The molecule has 1 spiro atoms. The second-order valence-electron chi connectivity index (χ2n) is 9.53. The zero-order valence-electron chi connectivity index (χ0n) is 18.9. The van der Waals surface area contributed by atoms with Gasteiger partial charge in [-0.05, 0) is 69.2 Å². The summed E-state index contributed by atoms with van der Waals surface area (Å²) in [6.07, 6.45) is 8.01. The number of piperidine rings is 1. The largest absolute Gasteiger partial charge is 0.375 e. The van der Waals surface area contributed by atoms with Crippen molar-refractivity contribution in [3.63, 3.8) is 0 Å². The molecule has 7 heteroatoms. The average Bonchev–Trinajstić information content (AvgIpc) is 3.54. The van der Waals surface area contributed by atoms with E-state index in [1.807, 2.05) is 30.0 Å². The van der Waals surface area contributed by atoms with Gasteiger partial charge in [0.15, 0.2) is 0 Å². The van der Waals surface area contributed by atoms with Crippen molar-refractivity contribution in [1.82, 2.24) is 19.6 Å². The molecule has 5 rings (SSSR count). The maximum atomic E-state index is 13.3. The van der Waals surface area contributed by atoms with Crippen molar-refractivity contribution in [2.75, 3.05) is 19.7 Å². The van der Waals surface area contributed by atoms with E-state index in [1.54, 1.807) is 23.0 Å². The summed E-state index contributed by atoms with van der Waals surface area (Å²) >= 11 is 0. The lowest BCUT2D eigenvalue weighted by Gasteiger charge is -2.48. The lowest BCUT2D eigenvalue weighted by molar-refractivity contribution is -0.131. The summed E-state index contributed by atoms with van der Waals surface area (Å²) < 4.78 is 21.5. The zero-order valence-corrected chi connectivity index (χ0v) is 18.9. The molecular formula is C25H33FN4O2. The third-order valence-electron chi connectivity index (χ3n) is 7.43. The Morgan fingerprint density at radius 2 is 1.91 bits per heavy atom. The van der Waals surface area contributed by atoms with Crippen LogP contribution in [0.2, 0.25) is 0 Å². The Kier molecular flexibility index (Phi) is 6.03. The van der Waals surface area contributed by atoms with Crippen LogP contribution in [0.5, 0.6) is 0 Å². The molecule has 1 aromatic carbocycles. The molecule has 1 atom stereocenters. The molecule has 2 aliphatic heterocycles. The fraction of sp³-hybridized carbons (Fsp3) is 0.600. The van der Waals surface area contributed by atoms with Gasteiger partial charge in [-0.15, -0.1) is 0 Å². The summed E-state index contributed by atoms with van der Waals surface area (Å²) in [7, 11) is 0. The van der Waals surface area contributed by atoms with Gasteiger partial charge in [0.25, 0.3) is 5.91 Å². The Bertz CT molecular complexity index is 932. The minimum atomic E-state index is -0.181. The third-order valence-corrected chi connectivity index (χ3v) is 7.43. The SMILES string of the molecule is CCn1nccc1C(=O)N1CCC2(CC1)CC(N(Cc1ccc(F)cc1)C1CC1)CCO2. The Morgan fingerprint density at radius 3 is 2.59 bits per heavy atom. The minimum Gasteiger partial charge on any atom is -0.375 e. The Balaban J connectivity index is 1.23. The number of aromatic nitrogens is 2. The summed E-state index contributed by atoms with van der Waals surface area (Å²) in [5.41, 5.74) is 1.71. The lowest BCUT2D eigenvalue weighted by atomic mass is 9.81. The number of hydrogen-bond donors (Lipinski definition) is 0. The van der Waals surface area contributed by atoms with Crippen LogP contribution in [0.25, 0.3) is 0 Å². The van der Waals surface area contributed by atoms with E-state index >= 15 is 0 Å². The number of likely N-dealkylation sites (tertiary alicyclic amines) is 1. The van der Waals surface area contributed by atoms with E-state index in [9.17, 15) is 9.18 Å². The van der Waals surface area contributed by atoms with Crippen LogP contribution in [0, 0.1) is 5.82 Å². The van der Waals surface area contributed by atoms with Crippen molar-refractivity contribution in [2.45, 2.75) is 76.2 Å². The highest BCUT2D eigenvalue weighted by atomic mass is 19.1. The second kappa shape index (κ2) is 8.94. The molecule has 1 saturated carbocycles. The Hall–Kier alpha value is -2.25. The van der Waals surface area contributed by atoms with E-state index in [2.05, 4.69) is 10.00 Å². The zero-order chi connectivity index (χ0) is 22.1. The number of nitrogens with zero attached hydrogens (tertiary/aromatic N) is 4. The van der Waals surface area contributed by atoms with Crippen LogP contribution in [-0.4, -0.2) is 62.9 Å². The topological polar surface area (TPSA) is 50.6 Å². The molecule has 3 fully saturated rings. The van der Waals surface area contributed by atoms with Crippen molar-refractivity contribution in [3.8, 4) is 0 Å². The van der Waals surface area contributed by atoms with Gasteiger partial charge >= 0.3 is 0 Å². The molecule has 1 aromatic heterocycles. The van der Waals surface area contributed by atoms with E-state index in [-0.39, 0.29) is 17.3 Å². The monoisotopic (exact) mass is 440 g/mol. The quantitative estimate of drug-likeness (QED) is 0.685. The number of benzene rings is 1. The van der Waals surface area contributed by atoms with Crippen molar-refractivity contribution in [3.05, 3.63) is 53.6 Å². The Labute approximate surface area is 189 Å². The van der Waals surface area contributed by atoms with E-state index in [4.69, 9.17) is 4.74 Å². The van der Waals surface area contributed by atoms with Crippen LogP contribution >= 0.6 is 0 Å². The van der Waals surface area contributed by atoms with Crippen LogP contribution < -0.4 is 0 Å².